The number of carbonyl (C=O) groups excluding carboxylic acids is 1. The van der Waals surface area contributed by atoms with E-state index in [4.69, 9.17) is 0 Å². The van der Waals surface area contributed by atoms with E-state index in [-0.39, 0.29) is 10.7 Å². The van der Waals surface area contributed by atoms with Crippen LogP contribution < -0.4 is 5.32 Å². The third kappa shape index (κ3) is 2.65. The van der Waals surface area contributed by atoms with Crippen molar-refractivity contribution in [1.82, 2.24) is 10.2 Å². The van der Waals surface area contributed by atoms with E-state index in [1.807, 2.05) is 13.0 Å². The second kappa shape index (κ2) is 4.72. The van der Waals surface area contributed by atoms with Crippen LogP contribution in [-0.2, 0) is 4.79 Å². The molecule has 2 N–H and O–H groups in total. The first-order chi connectivity index (χ1) is 8.01. The van der Waals surface area contributed by atoms with Gasteiger partial charge in [-0.2, -0.15) is 5.10 Å². The van der Waals surface area contributed by atoms with Crippen molar-refractivity contribution in [2.45, 2.75) is 44.3 Å². The van der Waals surface area contributed by atoms with Gasteiger partial charge in [0.25, 0.3) is 0 Å². The summed E-state index contributed by atoms with van der Waals surface area (Å²) < 4.78 is -0.281. The normalized spacial score (nSPS) is 24.2. The molecule has 1 aromatic heterocycles. The number of aromatic amines is 1. The molecule has 1 saturated heterocycles. The third-order valence-corrected chi connectivity index (χ3v) is 4.68. The lowest BCUT2D eigenvalue weighted by atomic mass is 10.1. The summed E-state index contributed by atoms with van der Waals surface area (Å²) in [6, 6.07) is 1.91. The molecule has 1 aliphatic rings. The molecule has 1 amide bonds. The number of anilines is 1. The molecular formula is C12H19N3OS. The van der Waals surface area contributed by atoms with Gasteiger partial charge in [0.15, 0.2) is 5.82 Å². The summed E-state index contributed by atoms with van der Waals surface area (Å²) in [5, 5.41) is 9.95. The van der Waals surface area contributed by atoms with Crippen LogP contribution in [0.15, 0.2) is 6.07 Å². The molecule has 4 nitrogen and oxygen atoms in total. The SMILES string of the molecule is CC(C)c1cc(NC(=O)C2(C)CCCS2)n[nH]1. The Balaban J connectivity index is 2.02. The monoisotopic (exact) mass is 253 g/mol. The minimum atomic E-state index is -0.281. The van der Waals surface area contributed by atoms with Crippen molar-refractivity contribution in [1.29, 1.82) is 0 Å². The Bertz CT molecular complexity index is 408. The van der Waals surface area contributed by atoms with E-state index in [1.54, 1.807) is 11.8 Å². The quantitative estimate of drug-likeness (QED) is 0.871. The molecule has 0 spiro atoms. The number of amides is 1. The number of H-pyrrole nitrogens is 1. The largest absolute Gasteiger partial charge is 0.308 e. The highest BCUT2D eigenvalue weighted by Gasteiger charge is 2.37. The molecule has 2 heterocycles. The van der Waals surface area contributed by atoms with Gasteiger partial charge in [-0.05, 0) is 31.4 Å². The van der Waals surface area contributed by atoms with E-state index in [0.717, 1.165) is 24.3 Å². The number of carbonyl (C=O) groups is 1. The second-order valence-corrected chi connectivity index (χ2v) is 6.60. The minimum absolute atomic E-state index is 0.0711. The number of thioether (sulfide) groups is 1. The number of hydrogen-bond donors (Lipinski definition) is 2. The van der Waals surface area contributed by atoms with E-state index in [1.165, 1.54) is 0 Å². The molecule has 5 heteroatoms. The average Bonchev–Trinajstić information content (AvgIpc) is 2.88. The van der Waals surface area contributed by atoms with E-state index in [0.29, 0.717) is 11.7 Å². The van der Waals surface area contributed by atoms with Crippen LogP contribution in [0.25, 0.3) is 0 Å². The minimum Gasteiger partial charge on any atom is -0.308 e. The Hall–Kier alpha value is -0.970. The van der Waals surface area contributed by atoms with Crippen LogP contribution in [0, 0.1) is 0 Å². The lowest BCUT2D eigenvalue weighted by molar-refractivity contribution is -0.118. The van der Waals surface area contributed by atoms with Gasteiger partial charge < -0.3 is 5.32 Å². The van der Waals surface area contributed by atoms with Crippen molar-refractivity contribution in [3.05, 3.63) is 11.8 Å². The van der Waals surface area contributed by atoms with Crippen LogP contribution in [0.4, 0.5) is 5.82 Å². The van der Waals surface area contributed by atoms with Gasteiger partial charge in [0.1, 0.15) is 0 Å². The molecule has 0 saturated carbocycles. The van der Waals surface area contributed by atoms with Gasteiger partial charge in [0.05, 0.1) is 4.75 Å². The highest BCUT2D eigenvalue weighted by atomic mass is 32.2. The standard InChI is InChI=1S/C12H19N3OS/c1-8(2)9-7-10(15-14-9)13-11(16)12(3)5-4-6-17-12/h7-8H,4-6H2,1-3H3,(H2,13,14,15,16). The molecule has 0 bridgehead atoms. The average molecular weight is 253 g/mol. The highest BCUT2D eigenvalue weighted by Crippen LogP contribution is 2.38. The summed E-state index contributed by atoms with van der Waals surface area (Å²) in [6.45, 7) is 6.19. The number of hydrogen-bond acceptors (Lipinski definition) is 3. The van der Waals surface area contributed by atoms with E-state index in [9.17, 15) is 4.79 Å². The fraction of sp³-hybridized carbons (Fsp3) is 0.667. The maximum Gasteiger partial charge on any atom is 0.241 e. The lowest BCUT2D eigenvalue weighted by Crippen LogP contribution is -2.34. The summed E-state index contributed by atoms with van der Waals surface area (Å²) in [7, 11) is 0. The summed E-state index contributed by atoms with van der Waals surface area (Å²) in [6.07, 6.45) is 2.07. The zero-order valence-electron chi connectivity index (χ0n) is 10.5. The molecule has 0 aliphatic carbocycles. The van der Waals surface area contributed by atoms with Gasteiger partial charge in [-0.1, -0.05) is 13.8 Å². The zero-order chi connectivity index (χ0) is 12.5. The first kappa shape index (κ1) is 12.5. The topological polar surface area (TPSA) is 57.8 Å². The number of aromatic nitrogens is 2. The Kier molecular flexibility index (Phi) is 3.47. The van der Waals surface area contributed by atoms with Gasteiger partial charge in [-0.25, -0.2) is 0 Å². The van der Waals surface area contributed by atoms with Gasteiger partial charge in [-0.15, -0.1) is 11.8 Å². The number of nitrogens with zero attached hydrogens (tertiary/aromatic N) is 1. The van der Waals surface area contributed by atoms with Crippen molar-refractivity contribution < 1.29 is 4.79 Å². The fourth-order valence-electron chi connectivity index (χ4n) is 1.90. The Morgan fingerprint density at radius 2 is 2.41 bits per heavy atom. The van der Waals surface area contributed by atoms with Crippen molar-refractivity contribution in [2.75, 3.05) is 11.1 Å². The van der Waals surface area contributed by atoms with E-state index in [2.05, 4.69) is 29.4 Å². The van der Waals surface area contributed by atoms with Crippen molar-refractivity contribution in [3.63, 3.8) is 0 Å². The third-order valence-electron chi connectivity index (χ3n) is 3.16. The predicted octanol–water partition coefficient (Wildman–Crippen LogP) is 2.76. The number of nitrogens with one attached hydrogen (secondary N) is 2. The van der Waals surface area contributed by atoms with Gasteiger partial charge in [0, 0.05) is 11.8 Å². The number of rotatable bonds is 3. The summed E-state index contributed by atoms with van der Waals surface area (Å²) in [4.78, 5) is 12.1. The highest BCUT2D eigenvalue weighted by molar-refractivity contribution is 8.01. The molecule has 1 unspecified atom stereocenters. The van der Waals surface area contributed by atoms with Crippen LogP contribution in [0.5, 0.6) is 0 Å². The maximum atomic E-state index is 12.1. The molecule has 17 heavy (non-hydrogen) atoms. The van der Waals surface area contributed by atoms with Crippen molar-refractivity contribution >= 4 is 23.5 Å². The Labute approximate surface area is 106 Å². The van der Waals surface area contributed by atoms with Crippen molar-refractivity contribution in [3.8, 4) is 0 Å². The van der Waals surface area contributed by atoms with E-state index >= 15 is 0 Å². The van der Waals surface area contributed by atoms with Crippen LogP contribution in [0.3, 0.4) is 0 Å². The molecule has 94 valence electrons. The molecule has 0 aromatic carbocycles. The Morgan fingerprint density at radius 1 is 1.65 bits per heavy atom. The molecule has 2 rings (SSSR count). The lowest BCUT2D eigenvalue weighted by Gasteiger charge is -2.20. The second-order valence-electron chi connectivity index (χ2n) is 5.00. The first-order valence-corrected chi connectivity index (χ1v) is 7.00. The molecular weight excluding hydrogens is 234 g/mol. The van der Waals surface area contributed by atoms with Crippen LogP contribution in [0.2, 0.25) is 0 Å². The fourth-order valence-corrected chi connectivity index (χ4v) is 3.11. The maximum absolute atomic E-state index is 12.1. The van der Waals surface area contributed by atoms with Crippen molar-refractivity contribution in [2.24, 2.45) is 0 Å². The summed E-state index contributed by atoms with van der Waals surface area (Å²) in [5.74, 6) is 2.17. The molecule has 0 radical (unpaired) electrons. The summed E-state index contributed by atoms with van der Waals surface area (Å²) in [5.41, 5.74) is 1.05. The van der Waals surface area contributed by atoms with Gasteiger partial charge >= 0.3 is 0 Å². The molecule has 1 fully saturated rings. The smallest absolute Gasteiger partial charge is 0.241 e. The van der Waals surface area contributed by atoms with Crippen LogP contribution in [0.1, 0.15) is 45.2 Å². The van der Waals surface area contributed by atoms with Gasteiger partial charge in [0.2, 0.25) is 5.91 Å². The van der Waals surface area contributed by atoms with Crippen LogP contribution in [-0.4, -0.2) is 26.6 Å². The molecule has 1 atom stereocenters. The summed E-state index contributed by atoms with van der Waals surface area (Å²) >= 11 is 1.74. The predicted molar refractivity (Wildman–Crippen MR) is 71.4 cm³/mol. The molecule has 1 aliphatic heterocycles. The van der Waals surface area contributed by atoms with E-state index < -0.39 is 0 Å². The van der Waals surface area contributed by atoms with Crippen LogP contribution >= 0.6 is 11.8 Å². The first-order valence-electron chi connectivity index (χ1n) is 6.02. The molecule has 1 aromatic rings. The van der Waals surface area contributed by atoms with Gasteiger partial charge in [-0.3, -0.25) is 9.89 Å². The zero-order valence-corrected chi connectivity index (χ0v) is 11.4. The Morgan fingerprint density at radius 3 is 2.94 bits per heavy atom.